The summed E-state index contributed by atoms with van der Waals surface area (Å²) < 4.78 is 24.6. The van der Waals surface area contributed by atoms with Gasteiger partial charge in [0.1, 0.15) is 18.2 Å². The van der Waals surface area contributed by atoms with Crippen molar-refractivity contribution in [3.05, 3.63) is 65.5 Å². The van der Waals surface area contributed by atoms with Gasteiger partial charge in [0.15, 0.2) is 0 Å². The fourth-order valence-electron chi connectivity index (χ4n) is 2.14. The molecule has 0 spiro atoms. The van der Waals surface area contributed by atoms with Crippen molar-refractivity contribution in [2.45, 2.75) is 6.04 Å². The van der Waals surface area contributed by atoms with E-state index in [9.17, 15) is 4.39 Å². The van der Waals surface area contributed by atoms with Crippen LogP contribution < -0.4 is 16.0 Å². The Labute approximate surface area is 123 Å². The molecule has 21 heavy (non-hydrogen) atoms. The molecule has 0 aliphatic carbocycles. The fraction of sp³-hybridized carbons (Fsp3) is 0.250. The van der Waals surface area contributed by atoms with Gasteiger partial charge in [0, 0.05) is 18.2 Å². The standard InChI is InChI=1S/C16H19FN2O2/c1-20-10-11-21-15-9-5-3-7-13(15)16(19-18)12-6-2-4-8-14(12)17/h2-9,16,19H,10-11,18H2,1H3. The van der Waals surface area contributed by atoms with Crippen molar-refractivity contribution >= 4 is 0 Å². The van der Waals surface area contributed by atoms with E-state index in [1.54, 1.807) is 25.3 Å². The number of ether oxygens (including phenoxy) is 2. The lowest BCUT2D eigenvalue weighted by molar-refractivity contribution is 0.145. The molecule has 0 heterocycles. The molecule has 2 rings (SSSR count). The van der Waals surface area contributed by atoms with Gasteiger partial charge < -0.3 is 9.47 Å². The van der Waals surface area contributed by atoms with Crippen LogP contribution in [0.1, 0.15) is 17.2 Å². The van der Waals surface area contributed by atoms with Gasteiger partial charge >= 0.3 is 0 Å². The van der Waals surface area contributed by atoms with E-state index in [0.29, 0.717) is 24.5 Å². The zero-order valence-corrected chi connectivity index (χ0v) is 11.9. The smallest absolute Gasteiger partial charge is 0.128 e. The highest BCUT2D eigenvalue weighted by molar-refractivity contribution is 5.41. The lowest BCUT2D eigenvalue weighted by Gasteiger charge is -2.20. The summed E-state index contributed by atoms with van der Waals surface area (Å²) in [6.45, 7) is 0.900. The molecular formula is C16H19FN2O2. The van der Waals surface area contributed by atoms with Gasteiger partial charge in [-0.15, -0.1) is 0 Å². The molecule has 5 heteroatoms. The van der Waals surface area contributed by atoms with Gasteiger partial charge in [-0.3, -0.25) is 5.84 Å². The maximum Gasteiger partial charge on any atom is 0.128 e. The lowest BCUT2D eigenvalue weighted by atomic mass is 9.98. The highest BCUT2D eigenvalue weighted by Crippen LogP contribution is 2.30. The van der Waals surface area contributed by atoms with Gasteiger partial charge in [-0.2, -0.15) is 0 Å². The minimum atomic E-state index is -0.482. The fourth-order valence-corrected chi connectivity index (χ4v) is 2.14. The second-order valence-corrected chi connectivity index (χ2v) is 4.50. The molecule has 0 amide bonds. The Morgan fingerprint density at radius 3 is 2.38 bits per heavy atom. The van der Waals surface area contributed by atoms with Gasteiger partial charge in [-0.1, -0.05) is 36.4 Å². The molecule has 4 nitrogen and oxygen atoms in total. The predicted molar refractivity (Wildman–Crippen MR) is 79.4 cm³/mol. The van der Waals surface area contributed by atoms with Crippen LogP contribution in [0.5, 0.6) is 5.75 Å². The Morgan fingerprint density at radius 2 is 1.71 bits per heavy atom. The maximum absolute atomic E-state index is 14.0. The highest BCUT2D eigenvalue weighted by Gasteiger charge is 2.19. The summed E-state index contributed by atoms with van der Waals surface area (Å²) in [6, 6.07) is 13.5. The van der Waals surface area contributed by atoms with E-state index in [-0.39, 0.29) is 5.82 Å². The van der Waals surface area contributed by atoms with Gasteiger partial charge in [0.2, 0.25) is 0 Å². The third kappa shape index (κ3) is 3.78. The van der Waals surface area contributed by atoms with Crippen molar-refractivity contribution in [3.63, 3.8) is 0 Å². The van der Waals surface area contributed by atoms with E-state index in [2.05, 4.69) is 5.43 Å². The van der Waals surface area contributed by atoms with Crippen molar-refractivity contribution < 1.29 is 13.9 Å². The van der Waals surface area contributed by atoms with Crippen molar-refractivity contribution in [1.82, 2.24) is 5.43 Å². The van der Waals surface area contributed by atoms with E-state index in [0.717, 1.165) is 5.56 Å². The number of para-hydroxylation sites is 1. The summed E-state index contributed by atoms with van der Waals surface area (Å²) in [5.74, 6) is 5.97. The number of hydrogen-bond acceptors (Lipinski definition) is 4. The van der Waals surface area contributed by atoms with Gasteiger partial charge in [-0.05, 0) is 12.1 Å². The summed E-state index contributed by atoms with van der Waals surface area (Å²) in [5, 5.41) is 0. The predicted octanol–water partition coefficient (Wildman–Crippen LogP) is 2.40. The number of halogens is 1. The second-order valence-electron chi connectivity index (χ2n) is 4.50. The average Bonchev–Trinajstić information content (AvgIpc) is 2.51. The highest BCUT2D eigenvalue weighted by atomic mass is 19.1. The molecule has 112 valence electrons. The van der Waals surface area contributed by atoms with E-state index in [4.69, 9.17) is 15.3 Å². The number of nitrogens with one attached hydrogen (secondary N) is 1. The van der Waals surface area contributed by atoms with Crippen LogP contribution in [-0.4, -0.2) is 20.3 Å². The minimum absolute atomic E-state index is 0.313. The first-order chi connectivity index (χ1) is 10.3. The number of benzene rings is 2. The van der Waals surface area contributed by atoms with E-state index in [1.807, 2.05) is 24.3 Å². The van der Waals surface area contributed by atoms with E-state index >= 15 is 0 Å². The quantitative estimate of drug-likeness (QED) is 0.467. The molecule has 0 bridgehead atoms. The Hall–Kier alpha value is -1.95. The first kappa shape index (κ1) is 15.4. The largest absolute Gasteiger partial charge is 0.491 e. The van der Waals surface area contributed by atoms with Crippen LogP contribution in [0, 0.1) is 5.82 Å². The number of hydrogen-bond donors (Lipinski definition) is 2. The molecule has 0 radical (unpaired) electrons. The number of rotatable bonds is 7. The number of methoxy groups -OCH3 is 1. The molecule has 0 fully saturated rings. The van der Waals surface area contributed by atoms with Gasteiger partial charge in [0.25, 0.3) is 0 Å². The zero-order valence-electron chi connectivity index (χ0n) is 11.9. The molecule has 0 aromatic heterocycles. The Kier molecular flexibility index (Phi) is 5.68. The molecule has 0 aliphatic rings. The van der Waals surface area contributed by atoms with E-state index < -0.39 is 6.04 Å². The summed E-state index contributed by atoms with van der Waals surface area (Å²) in [6.07, 6.45) is 0. The molecule has 0 saturated heterocycles. The van der Waals surface area contributed by atoms with Crippen LogP contribution in [0.3, 0.4) is 0 Å². The third-order valence-electron chi connectivity index (χ3n) is 3.16. The summed E-state index contributed by atoms with van der Waals surface area (Å²) in [4.78, 5) is 0. The summed E-state index contributed by atoms with van der Waals surface area (Å²) in [7, 11) is 1.61. The molecule has 0 saturated carbocycles. The SMILES string of the molecule is COCCOc1ccccc1C(NN)c1ccccc1F. The normalized spacial score (nSPS) is 12.1. The first-order valence-electron chi connectivity index (χ1n) is 6.69. The van der Waals surface area contributed by atoms with Crippen LogP contribution >= 0.6 is 0 Å². The van der Waals surface area contributed by atoms with Crippen molar-refractivity contribution in [2.24, 2.45) is 5.84 Å². The Bertz CT molecular complexity index is 578. The monoisotopic (exact) mass is 290 g/mol. The third-order valence-corrected chi connectivity index (χ3v) is 3.16. The van der Waals surface area contributed by atoms with E-state index in [1.165, 1.54) is 6.07 Å². The van der Waals surface area contributed by atoms with Crippen LogP contribution in [0.4, 0.5) is 4.39 Å². The molecular weight excluding hydrogens is 271 g/mol. The first-order valence-corrected chi connectivity index (χ1v) is 6.69. The molecule has 3 N–H and O–H groups in total. The summed E-state index contributed by atoms with van der Waals surface area (Å²) in [5.41, 5.74) is 3.91. The Morgan fingerprint density at radius 1 is 1.05 bits per heavy atom. The van der Waals surface area contributed by atoms with Crippen molar-refractivity contribution in [2.75, 3.05) is 20.3 Å². The van der Waals surface area contributed by atoms with Gasteiger partial charge in [-0.25, -0.2) is 9.82 Å². The van der Waals surface area contributed by atoms with Crippen molar-refractivity contribution in [3.8, 4) is 5.75 Å². The van der Waals surface area contributed by atoms with Crippen LogP contribution in [0.25, 0.3) is 0 Å². The van der Waals surface area contributed by atoms with Gasteiger partial charge in [0.05, 0.1) is 12.6 Å². The molecule has 1 atom stereocenters. The topological polar surface area (TPSA) is 56.5 Å². The number of nitrogens with two attached hydrogens (primary N) is 1. The molecule has 0 aliphatic heterocycles. The summed E-state index contributed by atoms with van der Waals surface area (Å²) >= 11 is 0. The maximum atomic E-state index is 14.0. The average molecular weight is 290 g/mol. The van der Waals surface area contributed by atoms with Crippen LogP contribution in [-0.2, 0) is 4.74 Å². The molecule has 2 aromatic rings. The molecule has 1 unspecified atom stereocenters. The molecule has 2 aromatic carbocycles. The lowest BCUT2D eigenvalue weighted by Crippen LogP contribution is -2.30. The minimum Gasteiger partial charge on any atom is -0.491 e. The zero-order chi connectivity index (χ0) is 15.1. The van der Waals surface area contributed by atoms with Crippen molar-refractivity contribution in [1.29, 1.82) is 0 Å². The van der Waals surface area contributed by atoms with Crippen LogP contribution in [0.2, 0.25) is 0 Å². The van der Waals surface area contributed by atoms with Crippen LogP contribution in [0.15, 0.2) is 48.5 Å². The Balaban J connectivity index is 2.32. The second kappa shape index (κ2) is 7.73. The number of hydrazine groups is 1.